The number of ether oxygens (including phenoxy) is 6. The van der Waals surface area contributed by atoms with Crippen molar-refractivity contribution in [3.8, 4) is 0 Å². The Balaban J connectivity index is 5.31. The van der Waals surface area contributed by atoms with Crippen molar-refractivity contribution in [2.45, 2.75) is 54.5 Å². The van der Waals surface area contributed by atoms with Crippen molar-refractivity contribution in [3.63, 3.8) is 0 Å². The molecule has 240 valence electrons. The predicted octanol–water partition coefficient (Wildman–Crippen LogP) is 2.29. The number of alkyl halides is 3. The fourth-order valence-corrected chi connectivity index (χ4v) is 2.97. The number of esters is 3. The summed E-state index contributed by atoms with van der Waals surface area (Å²) in [4.78, 5) is 50.0. The molecule has 0 aliphatic carbocycles. The lowest BCUT2D eigenvalue weighted by atomic mass is 9.91. The maximum atomic E-state index is 12.5. The minimum absolute atomic E-state index is 0.0340. The Hall–Kier alpha value is -0.680. The van der Waals surface area contributed by atoms with Crippen molar-refractivity contribution >= 4 is 71.5 Å². The summed E-state index contributed by atoms with van der Waals surface area (Å²) >= 11 is 9.76. The fraction of sp³-hybridized carbons (Fsp3) is 0.846. The maximum Gasteiger partial charge on any atom is 0.322 e. The maximum absolute atomic E-state index is 12.5. The van der Waals surface area contributed by atoms with Crippen LogP contribution in [0.2, 0.25) is 0 Å². The molecule has 0 radical (unpaired) electrons. The summed E-state index contributed by atoms with van der Waals surface area (Å²) in [5.74, 6) is -2.01. The molecule has 3 N–H and O–H groups in total. The first-order chi connectivity index (χ1) is 18.8. The van der Waals surface area contributed by atoms with E-state index >= 15 is 0 Å². The lowest BCUT2D eigenvalue weighted by Crippen LogP contribution is -2.46. The minimum atomic E-state index is -1.30. The van der Waals surface area contributed by atoms with E-state index in [4.69, 9.17) is 34.2 Å². The Morgan fingerprint density at radius 3 is 1.44 bits per heavy atom. The highest BCUT2D eigenvalue weighted by Gasteiger charge is 2.40. The molecule has 0 heterocycles. The average molecular weight is 785 g/mol. The van der Waals surface area contributed by atoms with Gasteiger partial charge in [-0.1, -0.05) is 47.8 Å². The van der Waals surface area contributed by atoms with E-state index in [1.54, 1.807) is 41.5 Å². The molecule has 0 rings (SSSR count). The van der Waals surface area contributed by atoms with Crippen LogP contribution in [-0.2, 0) is 47.6 Å². The van der Waals surface area contributed by atoms with Gasteiger partial charge in [-0.15, -0.1) is 0 Å². The Bertz CT molecular complexity index is 750. The lowest BCUT2D eigenvalue weighted by Gasteiger charge is -2.34. The van der Waals surface area contributed by atoms with Gasteiger partial charge in [0.2, 0.25) is 0 Å². The highest BCUT2D eigenvalue weighted by Crippen LogP contribution is 2.27. The molecule has 0 aromatic carbocycles. The van der Waals surface area contributed by atoms with Gasteiger partial charge in [-0.25, -0.2) is 0 Å². The van der Waals surface area contributed by atoms with Gasteiger partial charge in [0.15, 0.2) is 5.78 Å². The van der Waals surface area contributed by atoms with Crippen LogP contribution in [0, 0.1) is 5.41 Å². The molecule has 41 heavy (non-hydrogen) atoms. The summed E-state index contributed by atoms with van der Waals surface area (Å²) in [7, 11) is 0. The topological polar surface area (TPSA) is 162 Å². The molecule has 0 unspecified atom stereocenters. The zero-order chi connectivity index (χ0) is 31.7. The summed E-state index contributed by atoms with van der Waals surface area (Å²) in [5, 5.41) is 2.97. The Labute approximate surface area is 268 Å². The van der Waals surface area contributed by atoms with E-state index in [0.29, 0.717) is 39.5 Å². The third kappa shape index (κ3) is 19.3. The van der Waals surface area contributed by atoms with Crippen LogP contribution in [0.1, 0.15) is 41.5 Å². The third-order valence-electron chi connectivity index (χ3n) is 5.04. The Morgan fingerprint density at radius 1 is 0.634 bits per heavy atom. The number of hydrogen-bond acceptors (Lipinski definition) is 12. The highest BCUT2D eigenvalue weighted by atomic mass is 79.9. The second-order valence-corrected chi connectivity index (χ2v) is 16.8. The molecule has 0 aromatic heterocycles. The van der Waals surface area contributed by atoms with Gasteiger partial charge < -0.3 is 39.5 Å². The SMILES string of the molecule is CC(C)(Br)C(=O)OCC(COCC(=O)CNCCOCCOCCN)(COC(=O)C(C)(C)Br)COC(=O)C(C)(C)Br. The van der Waals surface area contributed by atoms with Gasteiger partial charge in [-0.05, 0) is 41.5 Å². The van der Waals surface area contributed by atoms with Crippen molar-refractivity contribution in [1.82, 2.24) is 5.32 Å². The molecule has 0 saturated carbocycles. The van der Waals surface area contributed by atoms with Gasteiger partial charge in [0.05, 0.1) is 45.0 Å². The van der Waals surface area contributed by atoms with Gasteiger partial charge >= 0.3 is 17.9 Å². The van der Waals surface area contributed by atoms with E-state index in [-0.39, 0.29) is 45.4 Å². The zero-order valence-electron chi connectivity index (χ0n) is 24.8. The molecular formula is C26H45Br3N2O10. The van der Waals surface area contributed by atoms with Crippen LogP contribution in [-0.4, -0.2) is 116 Å². The van der Waals surface area contributed by atoms with Crippen molar-refractivity contribution < 1.29 is 47.6 Å². The number of halogens is 3. The molecule has 15 heteroatoms. The number of nitrogens with one attached hydrogen (secondary N) is 1. The summed E-state index contributed by atoms with van der Waals surface area (Å²) in [6.45, 7) is 10.9. The molecule has 0 aliphatic heterocycles. The minimum Gasteiger partial charge on any atom is -0.464 e. The van der Waals surface area contributed by atoms with E-state index in [1.807, 2.05) is 0 Å². The smallest absolute Gasteiger partial charge is 0.322 e. The molecular weight excluding hydrogens is 740 g/mol. The molecule has 0 aromatic rings. The number of rotatable bonds is 23. The van der Waals surface area contributed by atoms with E-state index in [0.717, 1.165) is 0 Å². The van der Waals surface area contributed by atoms with Crippen molar-refractivity contribution in [3.05, 3.63) is 0 Å². The number of hydrogen-bond donors (Lipinski definition) is 2. The van der Waals surface area contributed by atoms with E-state index in [2.05, 4.69) is 53.1 Å². The van der Waals surface area contributed by atoms with Crippen LogP contribution in [0.25, 0.3) is 0 Å². The van der Waals surface area contributed by atoms with Gasteiger partial charge in [0.1, 0.15) is 39.4 Å². The summed E-state index contributed by atoms with van der Waals surface area (Å²) in [6, 6.07) is 0. The van der Waals surface area contributed by atoms with Crippen molar-refractivity contribution in [1.29, 1.82) is 0 Å². The molecule has 0 amide bonds. The monoisotopic (exact) mass is 782 g/mol. The summed E-state index contributed by atoms with van der Waals surface area (Å²) in [6.07, 6.45) is 0. The molecule has 0 atom stereocenters. The van der Waals surface area contributed by atoms with E-state index < -0.39 is 36.3 Å². The van der Waals surface area contributed by atoms with Crippen LogP contribution in [0.4, 0.5) is 0 Å². The van der Waals surface area contributed by atoms with Gasteiger partial charge in [0, 0.05) is 13.1 Å². The van der Waals surface area contributed by atoms with Crippen LogP contribution in [0.3, 0.4) is 0 Å². The third-order valence-corrected chi connectivity index (χ3v) is 6.01. The molecule has 0 bridgehead atoms. The number of carbonyl (C=O) groups excluding carboxylic acids is 4. The fourth-order valence-electron chi connectivity index (χ4n) is 2.63. The van der Waals surface area contributed by atoms with Gasteiger partial charge in [0.25, 0.3) is 0 Å². The van der Waals surface area contributed by atoms with E-state index in [9.17, 15) is 19.2 Å². The average Bonchev–Trinajstić information content (AvgIpc) is 2.85. The van der Waals surface area contributed by atoms with Gasteiger partial charge in [-0.2, -0.15) is 0 Å². The zero-order valence-corrected chi connectivity index (χ0v) is 29.5. The first-order valence-corrected chi connectivity index (χ1v) is 15.5. The van der Waals surface area contributed by atoms with Crippen molar-refractivity contribution in [2.24, 2.45) is 11.1 Å². The van der Waals surface area contributed by atoms with E-state index in [1.165, 1.54) is 0 Å². The van der Waals surface area contributed by atoms with Crippen LogP contribution in [0.5, 0.6) is 0 Å². The number of ketones is 1. The van der Waals surface area contributed by atoms with Crippen LogP contribution in [0.15, 0.2) is 0 Å². The van der Waals surface area contributed by atoms with Crippen LogP contribution >= 0.6 is 47.8 Å². The largest absolute Gasteiger partial charge is 0.464 e. The first-order valence-electron chi connectivity index (χ1n) is 13.1. The summed E-state index contributed by atoms with van der Waals surface area (Å²) < 4.78 is 29.8. The molecule has 0 aliphatic rings. The van der Waals surface area contributed by atoms with Crippen molar-refractivity contribution in [2.75, 3.05) is 79.1 Å². The summed E-state index contributed by atoms with van der Waals surface area (Å²) in [5.41, 5.74) is 4.04. The second kappa shape index (κ2) is 19.6. The Morgan fingerprint density at radius 2 is 1.05 bits per heavy atom. The predicted molar refractivity (Wildman–Crippen MR) is 164 cm³/mol. The quantitative estimate of drug-likeness (QED) is 0.0675. The lowest BCUT2D eigenvalue weighted by molar-refractivity contribution is -0.170. The second-order valence-electron chi connectivity index (χ2n) is 10.9. The standard InChI is InChI=1S/C26H45Br3N2O10/c1-23(2,27)20(33)39-16-26(17-40-21(34)24(3,4)28,18-41-22(35)25(5,6)29)15-38-14-19(32)13-31-8-10-37-12-11-36-9-7-30/h31H,7-18,30H2,1-6H3. The Kier molecular flexibility index (Phi) is 19.2. The number of carbonyl (C=O) groups is 4. The molecule has 0 saturated heterocycles. The highest BCUT2D eigenvalue weighted by molar-refractivity contribution is 9.10. The normalized spacial score (nSPS) is 12.6. The molecule has 0 fully saturated rings. The molecule has 12 nitrogen and oxygen atoms in total. The first kappa shape index (κ1) is 40.3. The number of nitrogens with two attached hydrogens (primary N) is 1. The molecule has 0 spiro atoms. The van der Waals surface area contributed by atoms with Crippen LogP contribution < -0.4 is 11.1 Å². The number of Topliss-reactive ketones (excluding diaryl/α,β-unsaturated/α-hetero) is 1. The van der Waals surface area contributed by atoms with Gasteiger partial charge in [-0.3, -0.25) is 19.2 Å².